The zero-order valence-corrected chi connectivity index (χ0v) is 23.3. The Morgan fingerprint density at radius 2 is 1.69 bits per heavy atom. The third-order valence-corrected chi connectivity index (χ3v) is 8.56. The van der Waals surface area contributed by atoms with Crippen LogP contribution in [0.4, 0.5) is 0 Å². The minimum atomic E-state index is -0.547. The van der Waals surface area contributed by atoms with Crippen LogP contribution >= 0.6 is 11.8 Å². The quantitative estimate of drug-likeness (QED) is 0.387. The second kappa shape index (κ2) is 12.7. The van der Waals surface area contributed by atoms with Crippen LogP contribution < -0.4 is 9.47 Å². The van der Waals surface area contributed by atoms with Crippen LogP contribution in [-0.2, 0) is 4.74 Å². The lowest BCUT2D eigenvalue weighted by molar-refractivity contribution is 0.0617. The summed E-state index contributed by atoms with van der Waals surface area (Å²) in [5.74, 6) is 2.12. The van der Waals surface area contributed by atoms with Crippen molar-refractivity contribution in [3.05, 3.63) is 101 Å². The number of benzene rings is 2. The van der Waals surface area contributed by atoms with Crippen LogP contribution in [0, 0.1) is 0 Å². The lowest BCUT2D eigenvalue weighted by Gasteiger charge is -2.28. The van der Waals surface area contributed by atoms with Crippen LogP contribution in [0.15, 0.2) is 89.7 Å². The van der Waals surface area contributed by atoms with Crippen molar-refractivity contribution >= 4 is 22.5 Å². The molecule has 0 saturated carbocycles. The first-order valence-corrected chi connectivity index (χ1v) is 14.3. The van der Waals surface area contributed by atoms with E-state index in [9.17, 15) is 9.90 Å². The van der Waals surface area contributed by atoms with Gasteiger partial charge in [-0.15, -0.1) is 11.8 Å². The molecule has 0 amide bonds. The predicted molar refractivity (Wildman–Crippen MR) is 156 cm³/mol. The molecule has 1 saturated heterocycles. The molecule has 2 heterocycles. The molecular formula is C32H35NO5S. The van der Waals surface area contributed by atoms with Crippen LogP contribution in [0.3, 0.4) is 0 Å². The van der Waals surface area contributed by atoms with Crippen LogP contribution in [-0.4, -0.2) is 67.6 Å². The van der Waals surface area contributed by atoms with Crippen molar-refractivity contribution in [1.82, 2.24) is 4.90 Å². The van der Waals surface area contributed by atoms with Crippen molar-refractivity contribution in [2.45, 2.75) is 30.6 Å². The molecule has 5 rings (SSSR count). The van der Waals surface area contributed by atoms with Gasteiger partial charge in [-0.2, -0.15) is 0 Å². The normalized spacial score (nSPS) is 20.0. The van der Waals surface area contributed by atoms with E-state index in [1.807, 2.05) is 42.5 Å². The molecule has 1 aliphatic carbocycles. The number of piperidine rings is 1. The molecule has 2 atom stereocenters. The van der Waals surface area contributed by atoms with Crippen molar-refractivity contribution in [2.75, 3.05) is 40.5 Å². The highest BCUT2D eigenvalue weighted by molar-refractivity contribution is 8.09. The molecule has 0 bridgehead atoms. The van der Waals surface area contributed by atoms with Gasteiger partial charge in [-0.1, -0.05) is 30.7 Å². The van der Waals surface area contributed by atoms with E-state index < -0.39 is 6.10 Å². The first-order valence-electron chi connectivity index (χ1n) is 13.4. The molecule has 1 fully saturated rings. The number of thioether (sulfide) groups is 1. The monoisotopic (exact) mass is 545 g/mol. The summed E-state index contributed by atoms with van der Waals surface area (Å²) >= 11 is 1.66. The smallest absolute Gasteiger partial charge is 0.194 e. The van der Waals surface area contributed by atoms with Gasteiger partial charge in [0.15, 0.2) is 5.78 Å². The van der Waals surface area contributed by atoms with Gasteiger partial charge in [0.25, 0.3) is 0 Å². The minimum Gasteiger partial charge on any atom is -0.497 e. The number of carbonyl (C=O) groups excluding carboxylic acids is 1. The number of rotatable bonds is 10. The number of aliphatic hydroxyl groups is 1. The largest absolute Gasteiger partial charge is 0.497 e. The van der Waals surface area contributed by atoms with Gasteiger partial charge in [0, 0.05) is 22.6 Å². The van der Waals surface area contributed by atoms with Gasteiger partial charge in [-0.05, 0) is 85.6 Å². The van der Waals surface area contributed by atoms with Gasteiger partial charge in [-0.3, -0.25) is 4.79 Å². The Bertz CT molecular complexity index is 1290. The summed E-state index contributed by atoms with van der Waals surface area (Å²) in [5.41, 5.74) is 3.22. The first kappa shape index (κ1) is 27.3. The molecular weight excluding hydrogens is 510 g/mol. The summed E-state index contributed by atoms with van der Waals surface area (Å²) in [6.07, 6.45) is 11.0. The second-order valence-corrected chi connectivity index (χ2v) is 11.1. The maximum Gasteiger partial charge on any atom is 0.194 e. The summed E-state index contributed by atoms with van der Waals surface area (Å²) < 4.78 is 16.6. The lowest BCUT2D eigenvalue weighted by atomic mass is 9.92. The summed E-state index contributed by atoms with van der Waals surface area (Å²) in [6.45, 7) is 2.93. The highest BCUT2D eigenvalue weighted by atomic mass is 32.2. The van der Waals surface area contributed by atoms with Crippen molar-refractivity contribution in [3.63, 3.8) is 0 Å². The van der Waals surface area contributed by atoms with E-state index in [4.69, 9.17) is 14.2 Å². The standard InChI is InChI=1S/C32H35NO5S/c1-36-25-10-8-23(9-11-25)32-30(28-16-14-26(37-2)15-17-29(28)39-32)31(35)22-6-12-27(13-7-22)38-21-24(34)20-33-18-4-3-5-19-33/h6-17,24,29,34H,3-5,18-21H2,1-2H3. The maximum absolute atomic E-state index is 14.0. The van der Waals surface area contributed by atoms with Crippen molar-refractivity contribution in [3.8, 4) is 11.5 Å². The molecule has 2 unspecified atom stereocenters. The van der Waals surface area contributed by atoms with E-state index in [0.717, 1.165) is 40.6 Å². The number of ketones is 1. The number of carbonyl (C=O) groups is 1. The van der Waals surface area contributed by atoms with E-state index in [0.29, 0.717) is 23.4 Å². The zero-order chi connectivity index (χ0) is 27.2. The fourth-order valence-electron chi connectivity index (χ4n) is 5.11. The van der Waals surface area contributed by atoms with E-state index >= 15 is 0 Å². The van der Waals surface area contributed by atoms with E-state index in [1.165, 1.54) is 19.3 Å². The molecule has 7 heteroatoms. The Kier molecular flexibility index (Phi) is 8.91. The Morgan fingerprint density at radius 3 is 2.38 bits per heavy atom. The fourth-order valence-corrected chi connectivity index (χ4v) is 6.45. The van der Waals surface area contributed by atoms with Gasteiger partial charge in [0.2, 0.25) is 0 Å². The zero-order valence-electron chi connectivity index (χ0n) is 22.5. The van der Waals surface area contributed by atoms with Gasteiger partial charge in [0.1, 0.15) is 30.0 Å². The molecule has 6 nitrogen and oxygen atoms in total. The molecule has 0 radical (unpaired) electrons. The average molecular weight is 546 g/mol. The lowest BCUT2D eigenvalue weighted by Crippen LogP contribution is -2.38. The predicted octanol–water partition coefficient (Wildman–Crippen LogP) is 5.66. The number of Topliss-reactive ketones (excluding diaryl/α,β-unsaturated/α-hetero) is 1. The molecule has 3 aliphatic rings. The number of aliphatic hydroxyl groups excluding tert-OH is 1. The number of methoxy groups -OCH3 is 2. The van der Waals surface area contributed by atoms with Gasteiger partial charge >= 0.3 is 0 Å². The molecule has 0 aromatic heterocycles. The third kappa shape index (κ3) is 6.49. The highest BCUT2D eigenvalue weighted by Gasteiger charge is 2.34. The highest BCUT2D eigenvalue weighted by Crippen LogP contribution is 2.49. The minimum absolute atomic E-state index is 0.00829. The molecule has 1 N–H and O–H groups in total. The first-order chi connectivity index (χ1) is 19.1. The molecule has 2 aromatic carbocycles. The third-order valence-electron chi connectivity index (χ3n) is 7.22. The summed E-state index contributed by atoms with van der Waals surface area (Å²) in [7, 11) is 3.29. The number of nitrogens with zero attached hydrogens (tertiary/aromatic N) is 1. The summed E-state index contributed by atoms with van der Waals surface area (Å²) in [6, 6.07) is 15.0. The van der Waals surface area contributed by atoms with Crippen LogP contribution in [0.5, 0.6) is 11.5 Å². The summed E-state index contributed by atoms with van der Waals surface area (Å²) in [5, 5.41) is 10.4. The fraction of sp³-hybridized carbons (Fsp3) is 0.344. The van der Waals surface area contributed by atoms with E-state index in [-0.39, 0.29) is 17.6 Å². The SMILES string of the molecule is COC1=CC=C2C(C(=O)c3ccc(OCC(O)CN4CCCCC4)cc3)=C(c3ccc(OC)cc3)SC2C=C1. The Morgan fingerprint density at radius 1 is 0.974 bits per heavy atom. The van der Waals surface area contributed by atoms with Gasteiger partial charge < -0.3 is 24.2 Å². The number of hydrogen-bond acceptors (Lipinski definition) is 7. The number of β-amino-alcohol motifs (C(OH)–C–C–N with tert-alkyl or cyclic N) is 1. The Balaban J connectivity index is 1.35. The molecule has 0 spiro atoms. The molecule has 2 aliphatic heterocycles. The summed E-state index contributed by atoms with van der Waals surface area (Å²) in [4.78, 5) is 17.2. The van der Waals surface area contributed by atoms with Crippen molar-refractivity contribution in [1.29, 1.82) is 0 Å². The number of allylic oxidation sites excluding steroid dienone is 4. The Labute approximate surface area is 234 Å². The van der Waals surface area contributed by atoms with E-state index in [2.05, 4.69) is 11.0 Å². The topological polar surface area (TPSA) is 68.2 Å². The van der Waals surface area contributed by atoms with Gasteiger partial charge in [0.05, 0.1) is 19.5 Å². The second-order valence-electron chi connectivity index (χ2n) is 9.90. The number of fused-ring (bicyclic) bond motifs is 1. The van der Waals surface area contributed by atoms with Crippen LogP contribution in [0.1, 0.15) is 35.2 Å². The maximum atomic E-state index is 14.0. The number of ether oxygens (including phenoxy) is 3. The van der Waals surface area contributed by atoms with Gasteiger partial charge in [-0.25, -0.2) is 0 Å². The van der Waals surface area contributed by atoms with Crippen molar-refractivity contribution in [2.24, 2.45) is 0 Å². The molecule has 204 valence electrons. The van der Waals surface area contributed by atoms with E-state index in [1.54, 1.807) is 50.2 Å². The van der Waals surface area contributed by atoms with Crippen molar-refractivity contribution < 1.29 is 24.1 Å². The van der Waals surface area contributed by atoms with Crippen LogP contribution in [0.2, 0.25) is 0 Å². The number of hydrogen-bond donors (Lipinski definition) is 1. The van der Waals surface area contributed by atoms with Crippen LogP contribution in [0.25, 0.3) is 4.91 Å². The Hall–Kier alpha value is -3.26. The number of likely N-dealkylation sites (tertiary alicyclic amines) is 1. The average Bonchev–Trinajstić information content (AvgIpc) is 3.22. The molecule has 39 heavy (non-hydrogen) atoms. The molecule has 2 aromatic rings.